The Labute approximate surface area is 60.7 Å². The standard InChI is InChI=1S/C7H11N2O/c1-3-9(4-2)7-8-5-6-10-7/h5H,3-4H2,1-2H3. The largest absolute Gasteiger partial charge is 0.420 e. The van der Waals surface area contributed by atoms with Gasteiger partial charge in [-0.05, 0) is 13.8 Å². The molecular formula is C7H11N2O. The molecule has 0 aliphatic rings. The minimum Gasteiger partial charge on any atom is -0.420 e. The van der Waals surface area contributed by atoms with Gasteiger partial charge in [-0.15, -0.1) is 0 Å². The van der Waals surface area contributed by atoms with Crippen LogP contribution in [-0.4, -0.2) is 18.1 Å². The van der Waals surface area contributed by atoms with Gasteiger partial charge in [0.15, 0.2) is 6.26 Å². The molecule has 0 atom stereocenters. The van der Waals surface area contributed by atoms with Gasteiger partial charge in [-0.2, -0.15) is 0 Å². The summed E-state index contributed by atoms with van der Waals surface area (Å²) < 4.78 is 4.97. The smallest absolute Gasteiger partial charge is 0.297 e. The topological polar surface area (TPSA) is 29.3 Å². The Kier molecular flexibility index (Phi) is 2.31. The first kappa shape index (κ1) is 7.12. The molecule has 0 aliphatic heterocycles. The van der Waals surface area contributed by atoms with Gasteiger partial charge < -0.3 is 9.32 Å². The Morgan fingerprint density at radius 3 is 2.70 bits per heavy atom. The van der Waals surface area contributed by atoms with Crippen molar-refractivity contribution in [1.29, 1.82) is 0 Å². The first-order valence-electron chi connectivity index (χ1n) is 3.45. The molecule has 0 bridgehead atoms. The van der Waals surface area contributed by atoms with Crippen LogP contribution in [0.3, 0.4) is 0 Å². The van der Waals surface area contributed by atoms with E-state index in [4.69, 9.17) is 4.42 Å². The fourth-order valence-corrected chi connectivity index (χ4v) is 0.827. The van der Waals surface area contributed by atoms with Crippen LogP contribution in [0, 0.1) is 6.26 Å². The van der Waals surface area contributed by atoms with Crippen LogP contribution in [0.5, 0.6) is 0 Å². The van der Waals surface area contributed by atoms with Crippen LogP contribution in [0.4, 0.5) is 6.01 Å². The third-order valence-corrected chi connectivity index (χ3v) is 1.41. The van der Waals surface area contributed by atoms with Gasteiger partial charge in [0, 0.05) is 13.1 Å². The van der Waals surface area contributed by atoms with E-state index in [1.807, 2.05) is 4.90 Å². The summed E-state index contributed by atoms with van der Waals surface area (Å²) in [5.41, 5.74) is 0. The maximum Gasteiger partial charge on any atom is 0.297 e. The molecule has 1 rings (SSSR count). The summed E-state index contributed by atoms with van der Waals surface area (Å²) in [6, 6.07) is 0.657. The van der Waals surface area contributed by atoms with E-state index in [-0.39, 0.29) is 0 Å². The Hall–Kier alpha value is -0.990. The van der Waals surface area contributed by atoms with Crippen LogP contribution in [0.1, 0.15) is 13.8 Å². The molecular weight excluding hydrogens is 128 g/mol. The zero-order valence-corrected chi connectivity index (χ0v) is 6.29. The van der Waals surface area contributed by atoms with E-state index in [0.29, 0.717) is 6.01 Å². The summed E-state index contributed by atoms with van der Waals surface area (Å²) in [4.78, 5) is 5.99. The summed E-state index contributed by atoms with van der Waals surface area (Å²) in [5.74, 6) is 0. The molecule has 3 heteroatoms. The van der Waals surface area contributed by atoms with E-state index in [9.17, 15) is 0 Å². The summed E-state index contributed by atoms with van der Waals surface area (Å²) in [6.07, 6.45) is 4.09. The average molecular weight is 139 g/mol. The Morgan fingerprint density at radius 2 is 2.30 bits per heavy atom. The lowest BCUT2D eigenvalue weighted by Gasteiger charge is -2.14. The van der Waals surface area contributed by atoms with Crippen LogP contribution < -0.4 is 4.90 Å². The highest BCUT2D eigenvalue weighted by Crippen LogP contribution is 2.07. The summed E-state index contributed by atoms with van der Waals surface area (Å²) in [7, 11) is 0. The van der Waals surface area contributed by atoms with E-state index >= 15 is 0 Å². The van der Waals surface area contributed by atoms with E-state index in [1.54, 1.807) is 0 Å². The third-order valence-electron chi connectivity index (χ3n) is 1.41. The highest BCUT2D eigenvalue weighted by molar-refractivity contribution is 5.22. The van der Waals surface area contributed by atoms with Crippen molar-refractivity contribution in [3.8, 4) is 0 Å². The Balaban J connectivity index is 2.64. The molecule has 0 fully saturated rings. The SMILES string of the molecule is CCN(CC)c1nc[c]o1. The molecule has 0 aliphatic carbocycles. The molecule has 10 heavy (non-hydrogen) atoms. The van der Waals surface area contributed by atoms with Crippen LogP contribution >= 0.6 is 0 Å². The minimum atomic E-state index is 0.657. The predicted octanol–water partition coefficient (Wildman–Crippen LogP) is 1.32. The van der Waals surface area contributed by atoms with Crippen molar-refractivity contribution in [1.82, 2.24) is 4.98 Å². The van der Waals surface area contributed by atoms with Gasteiger partial charge in [-0.25, -0.2) is 4.98 Å². The zero-order chi connectivity index (χ0) is 7.40. The number of rotatable bonds is 3. The van der Waals surface area contributed by atoms with Gasteiger partial charge in [0.1, 0.15) is 0 Å². The molecule has 0 amide bonds. The van der Waals surface area contributed by atoms with Crippen molar-refractivity contribution < 1.29 is 4.42 Å². The van der Waals surface area contributed by atoms with Crippen LogP contribution in [-0.2, 0) is 0 Å². The van der Waals surface area contributed by atoms with E-state index in [1.165, 1.54) is 6.20 Å². The predicted molar refractivity (Wildman–Crippen MR) is 38.9 cm³/mol. The monoisotopic (exact) mass is 139 g/mol. The lowest BCUT2D eigenvalue weighted by molar-refractivity contribution is 0.533. The number of anilines is 1. The van der Waals surface area contributed by atoms with Crippen LogP contribution in [0.2, 0.25) is 0 Å². The quantitative estimate of drug-likeness (QED) is 0.632. The molecule has 1 aromatic heterocycles. The third kappa shape index (κ3) is 1.29. The Bertz CT molecular complexity index is 168. The van der Waals surface area contributed by atoms with Crippen LogP contribution in [0.25, 0.3) is 0 Å². The fourth-order valence-electron chi connectivity index (χ4n) is 0.827. The van der Waals surface area contributed by atoms with Crippen molar-refractivity contribution in [3.63, 3.8) is 0 Å². The highest BCUT2D eigenvalue weighted by atomic mass is 16.4. The van der Waals surface area contributed by atoms with Gasteiger partial charge in [-0.1, -0.05) is 0 Å². The number of hydrogen-bond donors (Lipinski definition) is 0. The molecule has 0 unspecified atom stereocenters. The maximum atomic E-state index is 4.97. The summed E-state index contributed by atoms with van der Waals surface area (Å²) in [6.45, 7) is 5.97. The summed E-state index contributed by atoms with van der Waals surface area (Å²) >= 11 is 0. The van der Waals surface area contributed by atoms with Crippen LogP contribution in [0.15, 0.2) is 10.6 Å². The van der Waals surface area contributed by atoms with E-state index < -0.39 is 0 Å². The Morgan fingerprint density at radius 1 is 1.60 bits per heavy atom. The van der Waals surface area contributed by atoms with Gasteiger partial charge in [-0.3, -0.25) is 0 Å². The molecule has 1 aromatic rings. The van der Waals surface area contributed by atoms with Gasteiger partial charge in [0.25, 0.3) is 6.01 Å². The van der Waals surface area contributed by atoms with Gasteiger partial charge >= 0.3 is 0 Å². The fraction of sp³-hybridized carbons (Fsp3) is 0.571. The molecule has 0 aromatic carbocycles. The zero-order valence-electron chi connectivity index (χ0n) is 6.29. The normalized spacial score (nSPS) is 9.80. The minimum absolute atomic E-state index is 0.657. The molecule has 0 N–H and O–H groups in total. The van der Waals surface area contributed by atoms with E-state index in [0.717, 1.165) is 13.1 Å². The lowest BCUT2D eigenvalue weighted by atomic mass is 10.5. The second-order valence-electron chi connectivity index (χ2n) is 1.93. The molecule has 1 radical (unpaired) electrons. The maximum absolute atomic E-state index is 4.97. The number of hydrogen-bond acceptors (Lipinski definition) is 3. The van der Waals surface area contributed by atoms with Crippen molar-refractivity contribution in [2.75, 3.05) is 18.0 Å². The molecule has 1 heterocycles. The average Bonchev–Trinajstić information content (AvgIpc) is 2.43. The van der Waals surface area contributed by atoms with Gasteiger partial charge in [0.2, 0.25) is 0 Å². The summed E-state index contributed by atoms with van der Waals surface area (Å²) in [5, 5.41) is 0. The van der Waals surface area contributed by atoms with Crippen molar-refractivity contribution in [2.45, 2.75) is 13.8 Å². The molecule has 0 spiro atoms. The molecule has 0 saturated heterocycles. The number of oxazole rings is 1. The second-order valence-corrected chi connectivity index (χ2v) is 1.93. The second kappa shape index (κ2) is 3.25. The molecule has 55 valence electrons. The van der Waals surface area contributed by atoms with Crippen molar-refractivity contribution in [3.05, 3.63) is 12.5 Å². The number of nitrogens with zero attached hydrogens (tertiary/aromatic N) is 2. The lowest BCUT2D eigenvalue weighted by Crippen LogP contribution is -2.21. The van der Waals surface area contributed by atoms with Crippen molar-refractivity contribution >= 4 is 6.01 Å². The highest BCUT2D eigenvalue weighted by Gasteiger charge is 2.03. The van der Waals surface area contributed by atoms with Crippen molar-refractivity contribution in [2.24, 2.45) is 0 Å². The molecule has 0 saturated carbocycles. The molecule has 3 nitrogen and oxygen atoms in total. The van der Waals surface area contributed by atoms with E-state index in [2.05, 4.69) is 25.1 Å². The first-order valence-corrected chi connectivity index (χ1v) is 3.45. The van der Waals surface area contributed by atoms with Gasteiger partial charge in [0.05, 0.1) is 6.20 Å². The first-order chi connectivity index (χ1) is 4.88. The number of aromatic nitrogens is 1.